The molecule has 24 heavy (non-hydrogen) atoms. The fraction of sp³-hybridized carbons (Fsp3) is 0.200. The average molecular weight is 320 g/mol. The number of nitrogens with zero attached hydrogens (tertiary/aromatic N) is 1. The predicted octanol–water partition coefficient (Wildman–Crippen LogP) is 3.27. The van der Waals surface area contributed by atoms with Crippen LogP contribution in [0.2, 0.25) is 0 Å². The van der Waals surface area contributed by atoms with E-state index in [9.17, 15) is 9.59 Å². The van der Waals surface area contributed by atoms with E-state index in [0.29, 0.717) is 5.69 Å². The SMILES string of the molecule is CCc1ccc(/C=C2/C(=O)NN(c3ccc(CC)cc3)C2=O)cc1. The zero-order chi connectivity index (χ0) is 17.1. The maximum atomic E-state index is 12.6. The van der Waals surface area contributed by atoms with Gasteiger partial charge in [0.15, 0.2) is 0 Å². The van der Waals surface area contributed by atoms with Gasteiger partial charge in [-0.1, -0.05) is 50.2 Å². The van der Waals surface area contributed by atoms with Gasteiger partial charge in [-0.25, -0.2) is 5.01 Å². The Kier molecular flexibility index (Phi) is 4.47. The van der Waals surface area contributed by atoms with Gasteiger partial charge in [0.05, 0.1) is 5.69 Å². The molecule has 2 amide bonds. The lowest BCUT2D eigenvalue weighted by Gasteiger charge is -2.14. The van der Waals surface area contributed by atoms with E-state index in [2.05, 4.69) is 19.3 Å². The van der Waals surface area contributed by atoms with Crippen LogP contribution in [0.3, 0.4) is 0 Å². The minimum absolute atomic E-state index is 0.152. The quantitative estimate of drug-likeness (QED) is 0.694. The first kappa shape index (κ1) is 16.0. The molecular weight excluding hydrogens is 300 g/mol. The lowest BCUT2D eigenvalue weighted by molar-refractivity contribution is -0.117. The number of nitrogens with one attached hydrogen (secondary N) is 1. The Morgan fingerprint density at radius 1 is 0.875 bits per heavy atom. The Morgan fingerprint density at radius 2 is 1.42 bits per heavy atom. The van der Waals surface area contributed by atoms with Crippen LogP contribution in [0.5, 0.6) is 0 Å². The number of benzene rings is 2. The lowest BCUT2D eigenvalue weighted by Crippen LogP contribution is -2.35. The molecule has 4 nitrogen and oxygen atoms in total. The van der Waals surface area contributed by atoms with Crippen LogP contribution in [0.4, 0.5) is 5.69 Å². The van der Waals surface area contributed by atoms with Crippen molar-refractivity contribution in [1.29, 1.82) is 0 Å². The van der Waals surface area contributed by atoms with Gasteiger partial charge in [-0.15, -0.1) is 0 Å². The lowest BCUT2D eigenvalue weighted by atomic mass is 10.1. The predicted molar refractivity (Wildman–Crippen MR) is 95.2 cm³/mol. The van der Waals surface area contributed by atoms with E-state index in [1.165, 1.54) is 16.1 Å². The van der Waals surface area contributed by atoms with Crippen LogP contribution in [-0.2, 0) is 22.4 Å². The van der Waals surface area contributed by atoms with Crippen molar-refractivity contribution in [1.82, 2.24) is 5.43 Å². The Hall–Kier alpha value is -2.88. The van der Waals surface area contributed by atoms with Crippen LogP contribution in [0.15, 0.2) is 54.1 Å². The summed E-state index contributed by atoms with van der Waals surface area (Å²) in [7, 11) is 0. The summed E-state index contributed by atoms with van der Waals surface area (Å²) in [6.07, 6.45) is 3.52. The number of carbonyl (C=O) groups is 2. The van der Waals surface area contributed by atoms with Crippen molar-refractivity contribution < 1.29 is 9.59 Å². The van der Waals surface area contributed by atoms with E-state index in [1.807, 2.05) is 48.5 Å². The Balaban J connectivity index is 1.86. The second-order valence-corrected chi connectivity index (χ2v) is 5.75. The van der Waals surface area contributed by atoms with Crippen LogP contribution in [-0.4, -0.2) is 11.8 Å². The number of hydrogen-bond donors (Lipinski definition) is 1. The molecule has 2 aromatic carbocycles. The zero-order valence-corrected chi connectivity index (χ0v) is 13.9. The molecule has 2 aromatic rings. The first-order valence-corrected chi connectivity index (χ1v) is 8.17. The molecule has 0 unspecified atom stereocenters. The summed E-state index contributed by atoms with van der Waals surface area (Å²) in [4.78, 5) is 24.7. The van der Waals surface area contributed by atoms with Gasteiger partial charge in [-0.2, -0.15) is 0 Å². The summed E-state index contributed by atoms with van der Waals surface area (Å²) in [5, 5.41) is 1.30. The molecule has 1 aliphatic rings. The van der Waals surface area contributed by atoms with Gasteiger partial charge in [0.25, 0.3) is 11.8 Å². The highest BCUT2D eigenvalue weighted by atomic mass is 16.2. The monoisotopic (exact) mass is 320 g/mol. The van der Waals surface area contributed by atoms with E-state index >= 15 is 0 Å². The first-order valence-electron chi connectivity index (χ1n) is 8.17. The smallest absolute Gasteiger partial charge is 0.267 e. The topological polar surface area (TPSA) is 49.4 Å². The zero-order valence-electron chi connectivity index (χ0n) is 13.9. The van der Waals surface area contributed by atoms with Crippen LogP contribution < -0.4 is 10.4 Å². The second-order valence-electron chi connectivity index (χ2n) is 5.75. The minimum Gasteiger partial charge on any atom is -0.267 e. The maximum Gasteiger partial charge on any atom is 0.282 e. The summed E-state index contributed by atoms with van der Waals surface area (Å²) in [6.45, 7) is 4.16. The van der Waals surface area contributed by atoms with E-state index in [0.717, 1.165) is 18.4 Å². The molecule has 0 aliphatic carbocycles. The third kappa shape index (κ3) is 3.08. The molecule has 0 saturated carbocycles. The van der Waals surface area contributed by atoms with Crippen LogP contribution in [0, 0.1) is 0 Å². The van der Waals surface area contributed by atoms with Gasteiger partial charge in [0.1, 0.15) is 5.57 Å². The van der Waals surface area contributed by atoms with Crippen LogP contribution in [0.1, 0.15) is 30.5 Å². The fourth-order valence-electron chi connectivity index (χ4n) is 2.64. The van der Waals surface area contributed by atoms with E-state index in [-0.39, 0.29) is 17.4 Å². The van der Waals surface area contributed by atoms with E-state index in [4.69, 9.17) is 0 Å². The molecule has 1 aliphatic heterocycles. The molecule has 1 heterocycles. The van der Waals surface area contributed by atoms with E-state index in [1.54, 1.807) is 6.08 Å². The molecule has 0 bridgehead atoms. The minimum atomic E-state index is -0.376. The van der Waals surface area contributed by atoms with Gasteiger partial charge < -0.3 is 0 Å². The van der Waals surface area contributed by atoms with Gasteiger partial charge in [-0.3, -0.25) is 15.0 Å². The van der Waals surface area contributed by atoms with Gasteiger partial charge >= 0.3 is 0 Å². The molecule has 0 aromatic heterocycles. The molecule has 1 N–H and O–H groups in total. The van der Waals surface area contributed by atoms with Crippen molar-refractivity contribution in [2.45, 2.75) is 26.7 Å². The van der Waals surface area contributed by atoms with Crippen molar-refractivity contribution >= 4 is 23.6 Å². The third-order valence-corrected chi connectivity index (χ3v) is 4.19. The molecule has 0 spiro atoms. The van der Waals surface area contributed by atoms with Crippen molar-refractivity contribution in [2.24, 2.45) is 0 Å². The molecule has 0 radical (unpaired) electrons. The summed E-state index contributed by atoms with van der Waals surface area (Å²) in [5.41, 5.74) is 6.69. The second kappa shape index (κ2) is 6.71. The number of hydrogen-bond acceptors (Lipinski definition) is 2. The fourth-order valence-corrected chi connectivity index (χ4v) is 2.64. The highest BCUT2D eigenvalue weighted by Gasteiger charge is 2.34. The summed E-state index contributed by atoms with van der Waals surface area (Å²) in [5.74, 6) is -0.706. The average Bonchev–Trinajstić information content (AvgIpc) is 2.90. The number of aryl methyl sites for hydroxylation is 2. The van der Waals surface area contributed by atoms with Crippen LogP contribution in [0.25, 0.3) is 6.08 Å². The van der Waals surface area contributed by atoms with Gasteiger partial charge in [-0.05, 0) is 47.7 Å². The van der Waals surface area contributed by atoms with E-state index < -0.39 is 0 Å². The third-order valence-electron chi connectivity index (χ3n) is 4.19. The normalized spacial score (nSPS) is 15.9. The first-order chi connectivity index (χ1) is 11.6. The molecule has 3 rings (SSSR count). The number of carbonyl (C=O) groups excluding carboxylic acids is 2. The molecule has 1 saturated heterocycles. The molecular formula is C20H20N2O2. The van der Waals surface area contributed by atoms with Crippen molar-refractivity contribution in [3.8, 4) is 0 Å². The summed E-state index contributed by atoms with van der Waals surface area (Å²) >= 11 is 0. The van der Waals surface area contributed by atoms with Crippen molar-refractivity contribution in [2.75, 3.05) is 5.01 Å². The highest BCUT2D eigenvalue weighted by molar-refractivity contribution is 6.31. The number of amides is 2. The Labute approximate surface area is 141 Å². The number of rotatable bonds is 4. The number of anilines is 1. The maximum absolute atomic E-state index is 12.6. The standard InChI is InChI=1S/C20H20N2O2/c1-3-14-5-7-16(8-6-14)13-18-19(23)21-22(20(18)24)17-11-9-15(4-2)10-12-17/h5-13H,3-4H2,1-2H3,(H,21,23)/b18-13-. The Bertz CT molecular complexity index is 789. The summed E-state index contributed by atoms with van der Waals surface area (Å²) < 4.78 is 0. The Morgan fingerprint density at radius 3 is 1.96 bits per heavy atom. The molecule has 4 heteroatoms. The molecule has 0 atom stereocenters. The van der Waals surface area contributed by atoms with Gasteiger partial charge in [0, 0.05) is 0 Å². The van der Waals surface area contributed by atoms with Gasteiger partial charge in [0.2, 0.25) is 0 Å². The molecule has 1 fully saturated rings. The highest BCUT2D eigenvalue weighted by Crippen LogP contribution is 2.22. The van der Waals surface area contributed by atoms with Crippen molar-refractivity contribution in [3.63, 3.8) is 0 Å². The summed E-state index contributed by atoms with van der Waals surface area (Å²) in [6, 6.07) is 15.5. The van der Waals surface area contributed by atoms with Crippen molar-refractivity contribution in [3.05, 3.63) is 70.8 Å². The molecule has 122 valence electrons. The largest absolute Gasteiger partial charge is 0.282 e. The number of hydrazine groups is 1. The van der Waals surface area contributed by atoms with Crippen LogP contribution >= 0.6 is 0 Å².